The third kappa shape index (κ3) is 5.33. The Hall–Kier alpha value is -3.25. The Labute approximate surface area is 258 Å². The number of ether oxygens (including phenoxy) is 1. The molecule has 7 rings (SSSR count). The van der Waals surface area contributed by atoms with Crippen molar-refractivity contribution < 1.29 is 27.5 Å². The molecule has 0 aromatic rings. The van der Waals surface area contributed by atoms with E-state index in [0.29, 0.717) is 37.9 Å². The van der Waals surface area contributed by atoms with Crippen molar-refractivity contribution in [1.29, 1.82) is 0 Å². The molecule has 0 bridgehead atoms. The molecule has 3 fully saturated rings. The van der Waals surface area contributed by atoms with E-state index in [4.69, 9.17) is 10.5 Å². The van der Waals surface area contributed by atoms with Crippen molar-refractivity contribution in [3.8, 4) is 0 Å². The SMILES string of the molecule is NC1CCCCCC=CC2CC2(C(=O)NS(=O)(=O)C2CC2)NC(=O)C2CC3(CCC4=C(C=NC5C=CC=CC45)O3)CN2C1=O. The zero-order valence-electron chi connectivity index (χ0n) is 24.8. The highest BCUT2D eigenvalue weighted by molar-refractivity contribution is 7.91. The Morgan fingerprint density at radius 2 is 1.91 bits per heavy atom. The van der Waals surface area contributed by atoms with E-state index in [-0.39, 0.29) is 36.8 Å². The van der Waals surface area contributed by atoms with Crippen molar-refractivity contribution in [2.75, 3.05) is 6.54 Å². The van der Waals surface area contributed by atoms with Crippen LogP contribution in [-0.4, -0.2) is 78.3 Å². The first-order valence-electron chi connectivity index (χ1n) is 16.0. The summed E-state index contributed by atoms with van der Waals surface area (Å²) in [5.41, 5.74) is 5.40. The predicted molar refractivity (Wildman–Crippen MR) is 164 cm³/mol. The number of sulfonamides is 1. The van der Waals surface area contributed by atoms with Crippen LogP contribution in [0.1, 0.15) is 70.6 Å². The van der Waals surface area contributed by atoms with Crippen LogP contribution in [0.15, 0.2) is 52.8 Å². The van der Waals surface area contributed by atoms with E-state index in [1.54, 1.807) is 6.21 Å². The molecule has 7 atom stereocenters. The van der Waals surface area contributed by atoms with Gasteiger partial charge in [0.05, 0.1) is 30.1 Å². The molecular formula is C32H41N5O6S. The molecule has 2 saturated carbocycles. The van der Waals surface area contributed by atoms with Crippen LogP contribution in [0.25, 0.3) is 0 Å². The molecule has 1 spiro atoms. The van der Waals surface area contributed by atoms with Crippen molar-refractivity contribution in [3.63, 3.8) is 0 Å². The Morgan fingerprint density at radius 1 is 1.09 bits per heavy atom. The lowest BCUT2D eigenvalue weighted by atomic mass is 9.79. The molecular weight excluding hydrogens is 582 g/mol. The van der Waals surface area contributed by atoms with Crippen LogP contribution in [0.2, 0.25) is 0 Å². The Morgan fingerprint density at radius 3 is 2.73 bits per heavy atom. The summed E-state index contributed by atoms with van der Waals surface area (Å²) in [4.78, 5) is 47.7. The number of carbonyl (C=O) groups excluding carboxylic acids is 3. The Balaban J connectivity index is 1.17. The van der Waals surface area contributed by atoms with Crippen LogP contribution in [0.5, 0.6) is 0 Å². The molecule has 4 aliphatic heterocycles. The number of hydrogen-bond acceptors (Lipinski definition) is 8. The van der Waals surface area contributed by atoms with Gasteiger partial charge in [-0.15, -0.1) is 0 Å². The summed E-state index contributed by atoms with van der Waals surface area (Å²) in [7, 11) is -3.81. The van der Waals surface area contributed by atoms with Gasteiger partial charge in [0.2, 0.25) is 21.8 Å². The molecule has 7 unspecified atom stereocenters. The number of nitrogens with two attached hydrogens (primary N) is 1. The van der Waals surface area contributed by atoms with Gasteiger partial charge in [-0.1, -0.05) is 49.3 Å². The van der Waals surface area contributed by atoms with Crippen molar-refractivity contribution in [3.05, 3.63) is 47.8 Å². The molecule has 1 saturated heterocycles. The normalized spacial score (nSPS) is 38.5. The summed E-state index contributed by atoms with van der Waals surface area (Å²) in [5.74, 6) is -1.02. The average Bonchev–Trinajstić information content (AvgIpc) is 3.93. The zero-order chi connectivity index (χ0) is 30.7. The highest BCUT2D eigenvalue weighted by atomic mass is 32.2. The van der Waals surface area contributed by atoms with Gasteiger partial charge in [-0.25, -0.2) is 8.42 Å². The van der Waals surface area contributed by atoms with Gasteiger partial charge in [0.1, 0.15) is 22.9 Å². The number of fused-ring (bicyclic) bond motifs is 4. The van der Waals surface area contributed by atoms with Gasteiger partial charge in [0, 0.05) is 18.3 Å². The van der Waals surface area contributed by atoms with Crippen LogP contribution in [-0.2, 0) is 29.1 Å². The summed E-state index contributed by atoms with van der Waals surface area (Å²) in [5, 5.41) is 2.36. The van der Waals surface area contributed by atoms with Crippen molar-refractivity contribution in [1.82, 2.24) is 14.9 Å². The highest BCUT2D eigenvalue weighted by Gasteiger charge is 2.63. The van der Waals surface area contributed by atoms with E-state index < -0.39 is 50.3 Å². The van der Waals surface area contributed by atoms with E-state index in [2.05, 4.69) is 27.2 Å². The minimum Gasteiger partial charge on any atom is -0.484 e. The summed E-state index contributed by atoms with van der Waals surface area (Å²) >= 11 is 0. The number of rotatable bonds is 3. The quantitative estimate of drug-likeness (QED) is 0.405. The van der Waals surface area contributed by atoms with Gasteiger partial charge in [-0.2, -0.15) is 0 Å². The molecule has 44 heavy (non-hydrogen) atoms. The summed E-state index contributed by atoms with van der Waals surface area (Å²) < 4.78 is 34.3. The van der Waals surface area contributed by atoms with Crippen LogP contribution in [0.4, 0.5) is 0 Å². The molecule has 0 aromatic carbocycles. The number of nitrogens with zero attached hydrogens (tertiary/aromatic N) is 2. The van der Waals surface area contributed by atoms with Gasteiger partial charge in [-0.05, 0) is 56.9 Å². The number of hydrogen-bond donors (Lipinski definition) is 3. The number of carbonyl (C=O) groups is 3. The van der Waals surface area contributed by atoms with E-state index in [1.165, 1.54) is 10.5 Å². The van der Waals surface area contributed by atoms with Gasteiger partial charge < -0.3 is 20.7 Å². The minimum atomic E-state index is -3.81. The molecule has 236 valence electrons. The molecule has 4 heterocycles. The van der Waals surface area contributed by atoms with Gasteiger partial charge in [0.15, 0.2) is 0 Å². The van der Waals surface area contributed by atoms with E-state index in [9.17, 15) is 22.8 Å². The van der Waals surface area contributed by atoms with E-state index in [1.807, 2.05) is 24.3 Å². The summed E-state index contributed by atoms with van der Waals surface area (Å²) in [6.45, 7) is 0.199. The topological polar surface area (TPSA) is 160 Å². The van der Waals surface area contributed by atoms with Crippen LogP contribution >= 0.6 is 0 Å². The molecule has 3 amide bonds. The number of aliphatic imine (C=N–C) groups is 1. The smallest absolute Gasteiger partial charge is 0.259 e. The molecule has 0 radical (unpaired) electrons. The molecule has 4 N–H and O–H groups in total. The number of allylic oxidation sites excluding steroid dienone is 4. The third-order valence-electron chi connectivity index (χ3n) is 10.4. The van der Waals surface area contributed by atoms with Crippen LogP contribution in [0.3, 0.4) is 0 Å². The van der Waals surface area contributed by atoms with Crippen LogP contribution in [0, 0.1) is 11.8 Å². The zero-order valence-corrected chi connectivity index (χ0v) is 25.6. The van der Waals surface area contributed by atoms with E-state index in [0.717, 1.165) is 32.1 Å². The monoisotopic (exact) mass is 623 g/mol. The number of amides is 3. The molecule has 3 aliphatic carbocycles. The molecule has 11 nitrogen and oxygen atoms in total. The fourth-order valence-electron chi connectivity index (χ4n) is 7.53. The second-order valence-electron chi connectivity index (χ2n) is 13.5. The fraction of sp³-hybridized carbons (Fsp3) is 0.625. The summed E-state index contributed by atoms with van der Waals surface area (Å²) in [6, 6.07) is -1.63. The lowest BCUT2D eigenvalue weighted by Gasteiger charge is -2.40. The lowest BCUT2D eigenvalue weighted by molar-refractivity contribution is -0.141. The third-order valence-corrected chi connectivity index (χ3v) is 12.2. The van der Waals surface area contributed by atoms with Gasteiger partial charge in [-0.3, -0.25) is 24.1 Å². The average molecular weight is 624 g/mol. The van der Waals surface area contributed by atoms with Crippen LogP contribution < -0.4 is 15.8 Å². The lowest BCUT2D eigenvalue weighted by Crippen LogP contribution is -2.57. The molecule has 7 aliphatic rings. The fourth-order valence-corrected chi connectivity index (χ4v) is 8.89. The summed E-state index contributed by atoms with van der Waals surface area (Å²) in [6.07, 6.45) is 20.8. The largest absolute Gasteiger partial charge is 0.484 e. The van der Waals surface area contributed by atoms with E-state index >= 15 is 0 Å². The second kappa shape index (κ2) is 11.0. The standard InChI is InChI=1S/C32H41N5O6S/c33-24-10-5-3-1-2-4-8-20-16-32(20,30(40)36-44(41,42)21-12-13-21)35-28(38)26-17-31(19-37(26)29(24)39)15-14-23-22-9-6-7-11-25(22)34-18-27(23)43-31/h4,6-9,11,18,20-22,24-26H,1-3,5,10,12-17,19,33H2,(H,35,38)(H,36,40). The first-order chi connectivity index (χ1) is 21.1. The van der Waals surface area contributed by atoms with Gasteiger partial charge in [0.25, 0.3) is 5.91 Å². The Bertz CT molecular complexity index is 1510. The minimum absolute atomic E-state index is 0.0491. The maximum Gasteiger partial charge on any atom is 0.259 e. The first kappa shape index (κ1) is 29.5. The maximum atomic E-state index is 14.1. The van der Waals surface area contributed by atoms with Crippen molar-refractivity contribution in [2.45, 2.75) is 105 Å². The molecule has 0 aromatic heterocycles. The number of nitrogens with one attached hydrogen (secondary N) is 2. The van der Waals surface area contributed by atoms with Crippen molar-refractivity contribution in [2.24, 2.45) is 22.6 Å². The Kier molecular flexibility index (Phi) is 7.35. The molecule has 12 heteroatoms. The number of dihydropyridines is 1. The van der Waals surface area contributed by atoms with Gasteiger partial charge >= 0.3 is 0 Å². The maximum absolute atomic E-state index is 14.1. The van der Waals surface area contributed by atoms with Crippen molar-refractivity contribution >= 4 is 34.0 Å². The highest BCUT2D eigenvalue weighted by Crippen LogP contribution is 2.48. The second-order valence-corrected chi connectivity index (χ2v) is 15.5. The first-order valence-corrected chi connectivity index (χ1v) is 17.6. The predicted octanol–water partition coefficient (Wildman–Crippen LogP) is 1.92.